The van der Waals surface area contributed by atoms with Gasteiger partial charge in [-0.05, 0) is 11.6 Å². The zero-order valence-electron chi connectivity index (χ0n) is 14.8. The van der Waals surface area contributed by atoms with Gasteiger partial charge in [-0.2, -0.15) is 0 Å². The Bertz CT molecular complexity index is 778. The van der Waals surface area contributed by atoms with Gasteiger partial charge in [0.15, 0.2) is 0 Å². The molecule has 0 aliphatic carbocycles. The lowest BCUT2D eigenvalue weighted by Crippen LogP contribution is -2.44. The fraction of sp³-hybridized carbons (Fsp3) is 0.316. The maximum absolute atomic E-state index is 12.3. The van der Waals surface area contributed by atoms with E-state index in [0.29, 0.717) is 25.4 Å². The van der Waals surface area contributed by atoms with Gasteiger partial charge in [0.05, 0.1) is 24.2 Å². The highest BCUT2D eigenvalue weighted by molar-refractivity contribution is 5.89. The van der Waals surface area contributed by atoms with Gasteiger partial charge in [-0.1, -0.05) is 36.4 Å². The average molecular weight is 370 g/mol. The maximum Gasteiger partial charge on any atom is 0.319 e. The molecule has 2 amide bonds. The second-order valence-corrected chi connectivity index (χ2v) is 6.22. The number of nitro groups is 1. The number of rotatable bonds is 6. The molecule has 2 N–H and O–H groups in total. The highest BCUT2D eigenvalue weighted by atomic mass is 16.6. The predicted molar refractivity (Wildman–Crippen MR) is 102 cm³/mol. The van der Waals surface area contributed by atoms with Crippen molar-refractivity contribution in [3.8, 4) is 0 Å². The van der Waals surface area contributed by atoms with E-state index in [2.05, 4.69) is 15.5 Å². The van der Waals surface area contributed by atoms with Gasteiger partial charge in [-0.25, -0.2) is 4.79 Å². The van der Waals surface area contributed by atoms with Crippen LogP contribution >= 0.6 is 0 Å². The number of nitrogens with one attached hydrogen (secondary N) is 2. The summed E-state index contributed by atoms with van der Waals surface area (Å²) in [5, 5.41) is 16.4. The van der Waals surface area contributed by atoms with Gasteiger partial charge in [0.1, 0.15) is 0 Å². The number of carbonyl (C=O) groups excluding carboxylic acids is 1. The van der Waals surface area contributed by atoms with Crippen molar-refractivity contribution in [1.82, 2.24) is 10.2 Å². The highest BCUT2D eigenvalue weighted by Gasteiger charge is 2.23. The number of benzene rings is 2. The van der Waals surface area contributed by atoms with E-state index < -0.39 is 11.0 Å². The smallest absolute Gasteiger partial charge is 0.319 e. The van der Waals surface area contributed by atoms with Gasteiger partial charge in [0.25, 0.3) is 5.69 Å². The minimum Gasteiger partial charge on any atom is -0.379 e. The maximum atomic E-state index is 12.3. The number of non-ortho nitro benzene ring substituents is 1. The molecule has 1 aliphatic rings. The number of morpholine rings is 1. The summed E-state index contributed by atoms with van der Waals surface area (Å²) in [5.74, 6) is 0. The molecule has 0 saturated carbocycles. The molecular formula is C19H22N4O4. The van der Waals surface area contributed by atoms with Crippen molar-refractivity contribution in [3.63, 3.8) is 0 Å². The van der Waals surface area contributed by atoms with Crippen LogP contribution in [0.5, 0.6) is 0 Å². The number of ether oxygens (including phenoxy) is 1. The third-order valence-corrected chi connectivity index (χ3v) is 4.44. The van der Waals surface area contributed by atoms with Crippen molar-refractivity contribution in [3.05, 3.63) is 70.3 Å². The zero-order valence-corrected chi connectivity index (χ0v) is 14.8. The predicted octanol–water partition coefficient (Wildman–Crippen LogP) is 2.79. The lowest BCUT2D eigenvalue weighted by Gasteiger charge is -2.34. The standard InChI is InChI=1S/C19H22N4O4/c24-19(21-16-7-4-8-17(13-16)23(25)26)20-14-18(15-5-2-1-3-6-15)22-9-11-27-12-10-22/h1-8,13,18H,9-12,14H2,(H2,20,21,24)/t18-/m1/s1. The normalized spacial score (nSPS) is 15.7. The molecule has 0 aromatic heterocycles. The van der Waals surface area contributed by atoms with Crippen molar-refractivity contribution in [1.29, 1.82) is 0 Å². The van der Waals surface area contributed by atoms with Crippen LogP contribution < -0.4 is 10.6 Å². The summed E-state index contributed by atoms with van der Waals surface area (Å²) >= 11 is 0. The third-order valence-electron chi connectivity index (χ3n) is 4.44. The number of urea groups is 1. The monoisotopic (exact) mass is 370 g/mol. The number of anilines is 1. The number of carbonyl (C=O) groups is 1. The molecule has 1 atom stereocenters. The van der Waals surface area contributed by atoms with Crippen LogP contribution in [0, 0.1) is 10.1 Å². The van der Waals surface area contributed by atoms with E-state index in [4.69, 9.17) is 4.74 Å². The molecule has 1 aliphatic heterocycles. The van der Waals surface area contributed by atoms with E-state index in [1.54, 1.807) is 6.07 Å². The summed E-state index contributed by atoms with van der Waals surface area (Å²) in [6.45, 7) is 3.36. The Labute approximate surface area is 157 Å². The van der Waals surface area contributed by atoms with Gasteiger partial charge >= 0.3 is 6.03 Å². The van der Waals surface area contributed by atoms with E-state index in [0.717, 1.165) is 18.7 Å². The molecule has 1 saturated heterocycles. The van der Waals surface area contributed by atoms with Gasteiger partial charge in [-0.3, -0.25) is 15.0 Å². The van der Waals surface area contributed by atoms with Crippen LogP contribution in [0.3, 0.4) is 0 Å². The molecule has 0 unspecified atom stereocenters. The minimum atomic E-state index is -0.493. The first-order chi connectivity index (χ1) is 13.1. The highest BCUT2D eigenvalue weighted by Crippen LogP contribution is 2.21. The summed E-state index contributed by atoms with van der Waals surface area (Å²) < 4.78 is 5.42. The van der Waals surface area contributed by atoms with Crippen molar-refractivity contribution in [2.75, 3.05) is 38.2 Å². The Hall–Kier alpha value is -2.97. The first-order valence-corrected chi connectivity index (χ1v) is 8.79. The lowest BCUT2D eigenvalue weighted by atomic mass is 10.0. The van der Waals surface area contributed by atoms with Crippen molar-refractivity contribution in [2.24, 2.45) is 0 Å². The summed E-state index contributed by atoms with van der Waals surface area (Å²) in [5.41, 5.74) is 1.43. The molecule has 3 rings (SSSR count). The molecule has 0 radical (unpaired) electrons. The SMILES string of the molecule is O=C(NC[C@H](c1ccccc1)N1CCOCC1)Nc1cccc([N+](=O)[O-])c1. The molecule has 0 spiro atoms. The Morgan fingerprint density at radius 1 is 1.15 bits per heavy atom. The average Bonchev–Trinajstić information content (AvgIpc) is 2.70. The Kier molecular flexibility index (Phi) is 6.35. The topological polar surface area (TPSA) is 96.7 Å². The van der Waals surface area contributed by atoms with Gasteiger partial charge in [-0.15, -0.1) is 0 Å². The molecule has 1 fully saturated rings. The second-order valence-electron chi connectivity index (χ2n) is 6.22. The largest absolute Gasteiger partial charge is 0.379 e. The van der Waals surface area contributed by atoms with Gasteiger partial charge in [0.2, 0.25) is 0 Å². The lowest BCUT2D eigenvalue weighted by molar-refractivity contribution is -0.384. The fourth-order valence-corrected chi connectivity index (χ4v) is 3.08. The van der Waals surface area contributed by atoms with Crippen LogP contribution in [-0.4, -0.2) is 48.7 Å². The number of nitro benzene ring substituents is 1. The second kappa shape index (κ2) is 9.11. The molecule has 8 heteroatoms. The summed E-state index contributed by atoms with van der Waals surface area (Å²) in [4.78, 5) is 24.9. The molecule has 27 heavy (non-hydrogen) atoms. The minimum absolute atomic E-state index is 0.0333. The molecule has 2 aromatic rings. The van der Waals surface area contributed by atoms with Crippen LogP contribution in [0.1, 0.15) is 11.6 Å². The summed E-state index contributed by atoms with van der Waals surface area (Å²) in [6.07, 6.45) is 0. The third kappa shape index (κ3) is 5.25. The fourth-order valence-electron chi connectivity index (χ4n) is 3.08. The Morgan fingerprint density at radius 2 is 1.89 bits per heavy atom. The van der Waals surface area contributed by atoms with Crippen molar-refractivity contribution < 1.29 is 14.5 Å². The van der Waals surface area contributed by atoms with E-state index in [9.17, 15) is 14.9 Å². The molecule has 2 aromatic carbocycles. The van der Waals surface area contributed by atoms with Crippen LogP contribution in [0.15, 0.2) is 54.6 Å². The quantitative estimate of drug-likeness (QED) is 0.602. The van der Waals surface area contributed by atoms with Crippen molar-refractivity contribution in [2.45, 2.75) is 6.04 Å². The number of hydrogen-bond acceptors (Lipinski definition) is 5. The number of amides is 2. The molecular weight excluding hydrogens is 348 g/mol. The zero-order chi connectivity index (χ0) is 19.1. The van der Waals surface area contributed by atoms with E-state index in [1.165, 1.54) is 18.2 Å². The van der Waals surface area contributed by atoms with Gasteiger partial charge < -0.3 is 15.4 Å². The molecule has 142 valence electrons. The molecule has 1 heterocycles. The summed E-state index contributed by atoms with van der Waals surface area (Å²) in [6, 6.07) is 15.5. The van der Waals surface area contributed by atoms with Crippen LogP contribution in [0.2, 0.25) is 0 Å². The summed E-state index contributed by atoms with van der Waals surface area (Å²) in [7, 11) is 0. The molecule has 8 nitrogen and oxygen atoms in total. The van der Waals surface area contributed by atoms with E-state index >= 15 is 0 Å². The number of nitrogens with zero attached hydrogens (tertiary/aromatic N) is 2. The van der Waals surface area contributed by atoms with Crippen molar-refractivity contribution >= 4 is 17.4 Å². The van der Waals surface area contributed by atoms with Crippen LogP contribution in [0.25, 0.3) is 0 Å². The first kappa shape index (κ1) is 18.8. The Balaban J connectivity index is 1.63. The van der Waals surface area contributed by atoms with Crippen LogP contribution in [-0.2, 0) is 4.74 Å². The first-order valence-electron chi connectivity index (χ1n) is 8.79. The van der Waals surface area contributed by atoms with Crippen LogP contribution in [0.4, 0.5) is 16.2 Å². The van der Waals surface area contributed by atoms with Gasteiger partial charge in [0, 0.05) is 37.5 Å². The van der Waals surface area contributed by atoms with E-state index in [1.807, 2.05) is 30.3 Å². The Morgan fingerprint density at radius 3 is 2.59 bits per heavy atom. The molecule has 0 bridgehead atoms. The van der Waals surface area contributed by atoms with E-state index in [-0.39, 0.29) is 11.7 Å². The number of hydrogen-bond donors (Lipinski definition) is 2.